The van der Waals surface area contributed by atoms with Gasteiger partial charge in [0.1, 0.15) is 0 Å². The molecule has 0 aromatic carbocycles. The number of ether oxygens (including phenoxy) is 1. The largest absolute Gasteiger partial charge is 0.382 e. The van der Waals surface area contributed by atoms with E-state index < -0.39 is 0 Å². The monoisotopic (exact) mass is 391 g/mol. The molecule has 0 aliphatic carbocycles. The Bertz CT molecular complexity index is 533. The fourth-order valence-corrected chi connectivity index (χ4v) is 3.13. The van der Waals surface area contributed by atoms with Crippen molar-refractivity contribution < 1.29 is 4.74 Å². The van der Waals surface area contributed by atoms with Crippen molar-refractivity contribution in [1.82, 2.24) is 25.5 Å². The molecule has 0 spiro atoms. The third-order valence-electron chi connectivity index (χ3n) is 4.67. The second-order valence-electron chi connectivity index (χ2n) is 6.82. The van der Waals surface area contributed by atoms with Gasteiger partial charge >= 0.3 is 0 Å². The van der Waals surface area contributed by atoms with Gasteiger partial charge in [0.2, 0.25) is 5.95 Å². The Hall–Kier alpha value is -1.93. The smallest absolute Gasteiger partial charge is 0.225 e. The highest BCUT2D eigenvalue weighted by Gasteiger charge is 2.18. The Kier molecular flexibility index (Phi) is 11.3. The zero-order valence-electron chi connectivity index (χ0n) is 17.6. The van der Waals surface area contributed by atoms with Crippen LogP contribution in [0.5, 0.6) is 0 Å². The van der Waals surface area contributed by atoms with Crippen LogP contribution < -0.4 is 15.5 Å². The van der Waals surface area contributed by atoms with E-state index in [1.165, 1.54) is 0 Å². The van der Waals surface area contributed by atoms with E-state index in [1.54, 1.807) is 0 Å². The van der Waals surface area contributed by atoms with Crippen molar-refractivity contribution in [1.29, 1.82) is 0 Å². The lowest BCUT2D eigenvalue weighted by Crippen LogP contribution is -2.47. The van der Waals surface area contributed by atoms with Crippen LogP contribution in [0.25, 0.3) is 0 Å². The molecule has 8 heteroatoms. The molecule has 2 heterocycles. The van der Waals surface area contributed by atoms with Gasteiger partial charge in [-0.3, -0.25) is 9.89 Å². The van der Waals surface area contributed by atoms with Crippen LogP contribution in [0.1, 0.15) is 33.1 Å². The van der Waals surface area contributed by atoms with Crippen molar-refractivity contribution in [3.05, 3.63) is 18.5 Å². The van der Waals surface area contributed by atoms with Crippen molar-refractivity contribution in [3.8, 4) is 0 Å². The maximum Gasteiger partial charge on any atom is 0.225 e. The minimum Gasteiger partial charge on any atom is -0.382 e. The van der Waals surface area contributed by atoms with E-state index in [0.29, 0.717) is 0 Å². The van der Waals surface area contributed by atoms with Crippen molar-refractivity contribution in [2.75, 3.05) is 70.5 Å². The molecule has 28 heavy (non-hydrogen) atoms. The van der Waals surface area contributed by atoms with E-state index in [0.717, 1.165) is 96.7 Å². The average Bonchev–Trinajstić information content (AvgIpc) is 2.74. The molecule has 2 N–H and O–H groups in total. The molecule has 0 amide bonds. The van der Waals surface area contributed by atoms with Gasteiger partial charge in [0.05, 0.1) is 0 Å². The number of aliphatic imine (C=N–C) groups is 1. The number of unbranched alkanes of at least 4 members (excludes halogenated alkanes) is 1. The summed E-state index contributed by atoms with van der Waals surface area (Å²) in [7, 11) is 0. The lowest BCUT2D eigenvalue weighted by molar-refractivity contribution is 0.143. The Morgan fingerprint density at radius 2 is 1.86 bits per heavy atom. The number of aromatic nitrogens is 2. The molecular weight excluding hydrogens is 354 g/mol. The van der Waals surface area contributed by atoms with E-state index in [-0.39, 0.29) is 0 Å². The van der Waals surface area contributed by atoms with Crippen molar-refractivity contribution in [3.63, 3.8) is 0 Å². The van der Waals surface area contributed by atoms with Crippen LogP contribution in [0.4, 0.5) is 5.95 Å². The van der Waals surface area contributed by atoms with E-state index in [4.69, 9.17) is 9.73 Å². The highest BCUT2D eigenvalue weighted by Crippen LogP contribution is 2.09. The van der Waals surface area contributed by atoms with Crippen LogP contribution >= 0.6 is 0 Å². The SMILES string of the molecule is CCNC(=NCCCN1CCN(c2ncccn2)CC1)NCCCCOCC. The van der Waals surface area contributed by atoms with Crippen LogP contribution in [0.3, 0.4) is 0 Å². The molecule has 0 radical (unpaired) electrons. The van der Waals surface area contributed by atoms with Gasteiger partial charge in [-0.2, -0.15) is 0 Å². The zero-order valence-corrected chi connectivity index (χ0v) is 17.6. The maximum atomic E-state index is 5.37. The minimum absolute atomic E-state index is 0.798. The molecule has 1 fully saturated rings. The first kappa shape index (κ1) is 22.4. The number of hydrogen-bond acceptors (Lipinski definition) is 6. The van der Waals surface area contributed by atoms with Crippen LogP contribution in [0.15, 0.2) is 23.5 Å². The van der Waals surface area contributed by atoms with Gasteiger partial charge in [-0.15, -0.1) is 0 Å². The van der Waals surface area contributed by atoms with Crippen LogP contribution in [-0.2, 0) is 4.74 Å². The molecule has 158 valence electrons. The van der Waals surface area contributed by atoms with Gasteiger partial charge in [-0.25, -0.2) is 9.97 Å². The van der Waals surface area contributed by atoms with Gasteiger partial charge < -0.3 is 20.3 Å². The molecule has 1 aliphatic heterocycles. The number of guanidine groups is 1. The number of piperazine rings is 1. The van der Waals surface area contributed by atoms with Gasteiger partial charge in [-0.1, -0.05) is 0 Å². The summed E-state index contributed by atoms with van der Waals surface area (Å²) in [5.41, 5.74) is 0. The summed E-state index contributed by atoms with van der Waals surface area (Å²) in [5.74, 6) is 1.76. The molecule has 1 aromatic rings. The normalized spacial score (nSPS) is 15.6. The first-order valence-corrected chi connectivity index (χ1v) is 10.7. The number of rotatable bonds is 12. The topological polar surface area (TPSA) is 77.9 Å². The predicted molar refractivity (Wildman–Crippen MR) is 115 cm³/mol. The van der Waals surface area contributed by atoms with E-state index in [2.05, 4.69) is 37.3 Å². The third-order valence-corrected chi connectivity index (χ3v) is 4.67. The third kappa shape index (κ3) is 8.84. The van der Waals surface area contributed by atoms with Crippen molar-refractivity contribution in [2.24, 2.45) is 4.99 Å². The van der Waals surface area contributed by atoms with Crippen molar-refractivity contribution in [2.45, 2.75) is 33.1 Å². The number of anilines is 1. The molecule has 8 nitrogen and oxygen atoms in total. The molecule has 0 atom stereocenters. The summed E-state index contributed by atoms with van der Waals surface area (Å²) in [6, 6.07) is 1.86. The van der Waals surface area contributed by atoms with Gasteiger partial charge in [0.25, 0.3) is 0 Å². The predicted octanol–water partition coefficient (Wildman–Crippen LogP) is 1.36. The first-order chi connectivity index (χ1) is 13.8. The molecular formula is C20H37N7O. The average molecular weight is 392 g/mol. The molecule has 0 saturated carbocycles. The summed E-state index contributed by atoms with van der Waals surface area (Å²) in [6.07, 6.45) is 6.87. The van der Waals surface area contributed by atoms with E-state index >= 15 is 0 Å². The molecule has 2 rings (SSSR count). The molecule has 0 unspecified atom stereocenters. The second kappa shape index (κ2) is 14.1. The Balaban J connectivity index is 1.59. The van der Waals surface area contributed by atoms with Gasteiger partial charge in [0, 0.05) is 78.0 Å². The maximum absolute atomic E-state index is 5.37. The standard InChI is InChI=1S/C20H37N7O/c1-3-21-19(22-9-5-6-18-28-4-2)23-12-8-13-26-14-16-27(17-15-26)20-24-10-7-11-25-20/h7,10-11H,3-6,8-9,12-18H2,1-2H3,(H2,21,22,23). The first-order valence-electron chi connectivity index (χ1n) is 10.7. The van der Waals surface area contributed by atoms with Crippen molar-refractivity contribution >= 4 is 11.9 Å². The summed E-state index contributed by atoms with van der Waals surface area (Å²) in [6.45, 7) is 13.6. The lowest BCUT2D eigenvalue weighted by Gasteiger charge is -2.34. The summed E-state index contributed by atoms with van der Waals surface area (Å²) in [4.78, 5) is 18.1. The lowest BCUT2D eigenvalue weighted by atomic mass is 10.3. The quantitative estimate of drug-likeness (QED) is 0.316. The van der Waals surface area contributed by atoms with Crippen LogP contribution in [0, 0.1) is 0 Å². The van der Waals surface area contributed by atoms with Crippen LogP contribution in [0.2, 0.25) is 0 Å². The summed E-state index contributed by atoms with van der Waals surface area (Å²) < 4.78 is 5.37. The summed E-state index contributed by atoms with van der Waals surface area (Å²) in [5, 5.41) is 6.73. The van der Waals surface area contributed by atoms with Crippen LogP contribution in [-0.4, -0.2) is 86.4 Å². The molecule has 1 aliphatic rings. The Morgan fingerprint density at radius 3 is 2.57 bits per heavy atom. The highest BCUT2D eigenvalue weighted by atomic mass is 16.5. The van der Waals surface area contributed by atoms with Gasteiger partial charge in [-0.05, 0) is 39.2 Å². The number of nitrogens with one attached hydrogen (secondary N) is 2. The van der Waals surface area contributed by atoms with Gasteiger partial charge in [0.15, 0.2) is 5.96 Å². The molecule has 1 aromatic heterocycles. The summed E-state index contributed by atoms with van der Waals surface area (Å²) >= 11 is 0. The number of hydrogen-bond donors (Lipinski definition) is 2. The second-order valence-corrected chi connectivity index (χ2v) is 6.82. The highest BCUT2D eigenvalue weighted by molar-refractivity contribution is 5.79. The van der Waals surface area contributed by atoms with E-state index in [9.17, 15) is 0 Å². The Morgan fingerprint density at radius 1 is 1.07 bits per heavy atom. The van der Waals surface area contributed by atoms with E-state index in [1.807, 2.05) is 25.4 Å². The fourth-order valence-electron chi connectivity index (χ4n) is 3.13. The Labute approximate surface area is 169 Å². The molecule has 1 saturated heterocycles. The zero-order chi connectivity index (χ0) is 19.9. The molecule has 0 bridgehead atoms. The fraction of sp³-hybridized carbons (Fsp3) is 0.750. The minimum atomic E-state index is 0.798. The number of nitrogens with zero attached hydrogens (tertiary/aromatic N) is 5.